The van der Waals surface area contributed by atoms with Crippen LogP contribution < -0.4 is 11.1 Å². The summed E-state index contributed by atoms with van der Waals surface area (Å²) >= 11 is 0. The van der Waals surface area contributed by atoms with Crippen molar-refractivity contribution in [1.82, 2.24) is 5.32 Å². The maximum atomic E-state index is 10.9. The molecule has 0 saturated carbocycles. The van der Waals surface area contributed by atoms with E-state index < -0.39 is 12.9 Å². The first kappa shape index (κ1) is 11.1. The highest BCUT2D eigenvalue weighted by Crippen LogP contribution is 2.49. The topological polar surface area (TPSA) is 95.6 Å². The molecule has 0 aromatic heterocycles. The maximum Gasteiger partial charge on any atom is 0.346 e. The Hall–Kier alpha value is 0.0700. The molecule has 0 aromatic carbocycles. The maximum absolute atomic E-state index is 10.9. The van der Waals surface area contributed by atoms with E-state index in [4.69, 9.17) is 15.5 Å². The molecule has 0 aliphatic heterocycles. The van der Waals surface area contributed by atoms with Gasteiger partial charge in [-0.05, 0) is 13.5 Å². The van der Waals surface area contributed by atoms with Crippen molar-refractivity contribution in [3.05, 3.63) is 0 Å². The Kier molecular flexibility index (Phi) is 3.67. The van der Waals surface area contributed by atoms with Crippen LogP contribution in [0.25, 0.3) is 0 Å². The van der Waals surface area contributed by atoms with Crippen LogP contribution in [0.5, 0.6) is 0 Å². The molecule has 5 N–H and O–H groups in total. The van der Waals surface area contributed by atoms with E-state index >= 15 is 0 Å². The van der Waals surface area contributed by atoms with Crippen LogP contribution in [0.3, 0.4) is 0 Å². The largest absolute Gasteiger partial charge is 0.346 e. The zero-order chi connectivity index (χ0) is 9.12. The van der Waals surface area contributed by atoms with Crippen molar-refractivity contribution in [1.29, 1.82) is 0 Å². The Labute approximate surface area is 66.1 Å². The van der Waals surface area contributed by atoms with Crippen molar-refractivity contribution in [3.63, 3.8) is 0 Å². The molecule has 0 spiro atoms. The van der Waals surface area contributed by atoms with E-state index in [1.165, 1.54) is 7.05 Å². The van der Waals surface area contributed by atoms with Crippen LogP contribution in [0.1, 0.15) is 13.3 Å². The lowest BCUT2D eigenvalue weighted by atomic mass is 10.2. The molecule has 0 unspecified atom stereocenters. The molecule has 0 aliphatic rings. The van der Waals surface area contributed by atoms with Crippen molar-refractivity contribution >= 4 is 7.60 Å². The Bertz CT molecular complexity index is 155. The fourth-order valence-electron chi connectivity index (χ4n) is 0.894. The number of likely N-dealkylation sites (N-methyl/N-ethyl adjacent to an activating group) is 1. The zero-order valence-corrected chi connectivity index (χ0v) is 7.64. The van der Waals surface area contributed by atoms with Gasteiger partial charge in [-0.1, -0.05) is 6.92 Å². The molecule has 5 nitrogen and oxygen atoms in total. The molecule has 0 amide bonds. The van der Waals surface area contributed by atoms with Gasteiger partial charge in [0.25, 0.3) is 0 Å². The van der Waals surface area contributed by atoms with Crippen LogP contribution in [0.4, 0.5) is 0 Å². The van der Waals surface area contributed by atoms with Crippen molar-refractivity contribution in [2.75, 3.05) is 13.6 Å². The van der Waals surface area contributed by atoms with Crippen LogP contribution in [0.2, 0.25) is 0 Å². The molecule has 1 atom stereocenters. The molecule has 0 radical (unpaired) electrons. The third-order valence-corrected chi connectivity index (χ3v) is 3.78. The number of nitrogens with one attached hydrogen (secondary N) is 1. The molecular formula is C5H15N2O3P. The molecule has 68 valence electrons. The molecule has 0 bridgehead atoms. The molecule has 0 aromatic rings. The minimum atomic E-state index is -4.14. The van der Waals surface area contributed by atoms with Crippen LogP contribution in [0, 0.1) is 0 Å². The SMILES string of the molecule is CC[C@](CN)(NC)P(=O)(O)O. The van der Waals surface area contributed by atoms with E-state index in [0.717, 1.165) is 0 Å². The quantitative estimate of drug-likeness (QED) is 0.437. The van der Waals surface area contributed by atoms with Gasteiger partial charge < -0.3 is 20.8 Å². The summed E-state index contributed by atoms with van der Waals surface area (Å²) in [6, 6.07) is 0. The van der Waals surface area contributed by atoms with Gasteiger partial charge in [0.05, 0.1) is 0 Å². The van der Waals surface area contributed by atoms with E-state index in [-0.39, 0.29) is 6.54 Å². The molecule has 11 heavy (non-hydrogen) atoms. The number of hydrogen-bond acceptors (Lipinski definition) is 3. The second kappa shape index (κ2) is 3.65. The highest BCUT2D eigenvalue weighted by Gasteiger charge is 2.42. The normalized spacial score (nSPS) is 17.9. The summed E-state index contributed by atoms with van der Waals surface area (Å²) in [6.45, 7) is 1.62. The standard InChI is InChI=1S/C5H15N2O3P/c1-3-5(4-6,7-2)11(8,9)10/h7H,3-4,6H2,1-2H3,(H2,8,9,10)/t5-/m0/s1. The summed E-state index contributed by atoms with van der Waals surface area (Å²) in [7, 11) is -2.65. The molecule has 0 aliphatic carbocycles. The van der Waals surface area contributed by atoms with Gasteiger partial charge in [-0.3, -0.25) is 4.57 Å². The minimum absolute atomic E-state index is 0.0652. The summed E-state index contributed by atoms with van der Waals surface area (Å²) in [4.78, 5) is 17.8. The molecule has 6 heteroatoms. The third kappa shape index (κ3) is 2.01. The monoisotopic (exact) mass is 182 g/mol. The second-order valence-electron chi connectivity index (χ2n) is 2.38. The first-order valence-corrected chi connectivity index (χ1v) is 4.99. The van der Waals surface area contributed by atoms with Gasteiger partial charge in [0.15, 0.2) is 0 Å². The summed E-state index contributed by atoms with van der Waals surface area (Å²) in [6.07, 6.45) is 0.310. The second-order valence-corrected chi connectivity index (χ2v) is 4.33. The van der Waals surface area contributed by atoms with Crippen LogP contribution >= 0.6 is 7.60 Å². The fraction of sp³-hybridized carbons (Fsp3) is 1.00. The van der Waals surface area contributed by atoms with Gasteiger partial charge in [0.1, 0.15) is 5.28 Å². The average Bonchev–Trinajstić information content (AvgIpc) is 1.90. The van der Waals surface area contributed by atoms with Gasteiger partial charge in [0.2, 0.25) is 0 Å². The molecule has 0 fully saturated rings. The van der Waals surface area contributed by atoms with E-state index in [0.29, 0.717) is 6.42 Å². The zero-order valence-electron chi connectivity index (χ0n) is 6.74. The average molecular weight is 182 g/mol. The van der Waals surface area contributed by atoms with E-state index in [9.17, 15) is 4.57 Å². The number of hydrogen-bond donors (Lipinski definition) is 4. The Balaban J connectivity index is 4.70. The summed E-state index contributed by atoms with van der Waals surface area (Å²) in [5.41, 5.74) is 5.26. The highest BCUT2D eigenvalue weighted by atomic mass is 31.2. The van der Waals surface area contributed by atoms with Gasteiger partial charge in [-0.2, -0.15) is 0 Å². The molecule has 0 rings (SSSR count). The summed E-state index contributed by atoms with van der Waals surface area (Å²) < 4.78 is 10.9. The predicted octanol–water partition coefficient (Wildman–Crippen LogP) is -0.551. The minimum Gasteiger partial charge on any atom is -0.328 e. The Morgan fingerprint density at radius 1 is 1.64 bits per heavy atom. The molecule has 0 saturated heterocycles. The number of nitrogens with two attached hydrogens (primary N) is 1. The van der Waals surface area contributed by atoms with Crippen molar-refractivity contribution in [2.24, 2.45) is 5.73 Å². The van der Waals surface area contributed by atoms with E-state index in [2.05, 4.69) is 5.32 Å². The first-order chi connectivity index (χ1) is 4.93. The molecular weight excluding hydrogens is 167 g/mol. The van der Waals surface area contributed by atoms with E-state index in [1.807, 2.05) is 0 Å². The predicted molar refractivity (Wildman–Crippen MR) is 43.2 cm³/mol. The first-order valence-electron chi connectivity index (χ1n) is 3.38. The lowest BCUT2D eigenvalue weighted by Crippen LogP contribution is -2.48. The van der Waals surface area contributed by atoms with Crippen LogP contribution in [-0.2, 0) is 4.57 Å². The van der Waals surface area contributed by atoms with Crippen LogP contribution in [-0.4, -0.2) is 28.7 Å². The lowest BCUT2D eigenvalue weighted by molar-refractivity contribution is 0.302. The van der Waals surface area contributed by atoms with Gasteiger partial charge >= 0.3 is 7.60 Å². The van der Waals surface area contributed by atoms with Crippen molar-refractivity contribution in [2.45, 2.75) is 18.6 Å². The van der Waals surface area contributed by atoms with Gasteiger partial charge in [-0.15, -0.1) is 0 Å². The Morgan fingerprint density at radius 2 is 2.09 bits per heavy atom. The fourth-order valence-corrected chi connectivity index (χ4v) is 1.83. The highest BCUT2D eigenvalue weighted by molar-refractivity contribution is 7.53. The smallest absolute Gasteiger partial charge is 0.328 e. The van der Waals surface area contributed by atoms with E-state index in [1.54, 1.807) is 6.92 Å². The summed E-state index contributed by atoms with van der Waals surface area (Å²) in [5, 5.41) is 1.32. The van der Waals surface area contributed by atoms with Gasteiger partial charge in [0, 0.05) is 6.54 Å². The van der Waals surface area contributed by atoms with Crippen molar-refractivity contribution in [3.8, 4) is 0 Å². The summed E-state index contributed by atoms with van der Waals surface area (Å²) in [5.74, 6) is 0. The van der Waals surface area contributed by atoms with Crippen molar-refractivity contribution < 1.29 is 14.4 Å². The third-order valence-electron chi connectivity index (χ3n) is 1.95. The number of rotatable bonds is 4. The lowest BCUT2D eigenvalue weighted by Gasteiger charge is -2.31. The Morgan fingerprint density at radius 3 is 2.09 bits per heavy atom. The van der Waals surface area contributed by atoms with Gasteiger partial charge in [-0.25, -0.2) is 0 Å². The molecule has 0 heterocycles. The van der Waals surface area contributed by atoms with Crippen LogP contribution in [0.15, 0.2) is 0 Å².